The van der Waals surface area contributed by atoms with Crippen LogP contribution in [0.4, 0.5) is 5.69 Å². The number of hydrogen-bond acceptors (Lipinski definition) is 4. The van der Waals surface area contributed by atoms with Crippen LogP contribution in [0.1, 0.15) is 37.8 Å². The third-order valence-electron chi connectivity index (χ3n) is 4.88. The fourth-order valence-corrected chi connectivity index (χ4v) is 3.52. The molecule has 0 heterocycles. The monoisotopic (exact) mass is 465 g/mol. The van der Waals surface area contributed by atoms with E-state index < -0.39 is 16.9 Å². The number of nitrogens with zero attached hydrogens (tertiary/aromatic N) is 2. The Bertz CT molecular complexity index is 952. The molecule has 9 heteroatoms. The van der Waals surface area contributed by atoms with Gasteiger partial charge in [0, 0.05) is 34.8 Å². The molecule has 31 heavy (non-hydrogen) atoms. The van der Waals surface area contributed by atoms with Crippen molar-refractivity contribution in [2.24, 2.45) is 0 Å². The fraction of sp³-hybridized carbons (Fsp3) is 0.364. The fourth-order valence-electron chi connectivity index (χ4n) is 3.06. The summed E-state index contributed by atoms with van der Waals surface area (Å²) in [7, 11) is 0. The first kappa shape index (κ1) is 24.6. The van der Waals surface area contributed by atoms with Crippen LogP contribution < -0.4 is 5.32 Å². The van der Waals surface area contributed by atoms with Crippen LogP contribution in [0.5, 0.6) is 0 Å². The molecule has 0 saturated heterocycles. The maximum absolute atomic E-state index is 13.2. The molecule has 1 atom stereocenters. The largest absolute Gasteiger partial charge is 0.354 e. The number of carbonyl (C=O) groups excluding carboxylic acids is 2. The highest BCUT2D eigenvalue weighted by atomic mass is 35.5. The van der Waals surface area contributed by atoms with Gasteiger partial charge < -0.3 is 10.2 Å². The first-order chi connectivity index (χ1) is 14.7. The molecule has 0 fully saturated rings. The highest BCUT2D eigenvalue weighted by Crippen LogP contribution is 2.25. The molecule has 1 unspecified atom stereocenters. The van der Waals surface area contributed by atoms with Gasteiger partial charge in [0.1, 0.15) is 6.04 Å². The summed E-state index contributed by atoms with van der Waals surface area (Å²) < 4.78 is 0. The summed E-state index contributed by atoms with van der Waals surface area (Å²) in [5, 5.41) is 15.0. The lowest BCUT2D eigenvalue weighted by Gasteiger charge is -2.29. The van der Waals surface area contributed by atoms with Crippen molar-refractivity contribution in [3.63, 3.8) is 0 Å². The van der Waals surface area contributed by atoms with Crippen molar-refractivity contribution in [3.05, 3.63) is 73.8 Å². The zero-order valence-corrected chi connectivity index (χ0v) is 18.9. The third kappa shape index (κ3) is 6.94. The minimum atomic E-state index is -0.793. The number of halogens is 2. The molecular weight excluding hydrogens is 441 g/mol. The summed E-state index contributed by atoms with van der Waals surface area (Å²) in [5.74, 6) is -0.715. The topological polar surface area (TPSA) is 92.6 Å². The minimum absolute atomic E-state index is 0.0673. The van der Waals surface area contributed by atoms with E-state index in [0.717, 1.165) is 12.8 Å². The molecule has 0 spiro atoms. The molecule has 0 aliphatic rings. The maximum atomic E-state index is 13.2. The van der Waals surface area contributed by atoms with Gasteiger partial charge in [0.25, 0.3) is 5.69 Å². The van der Waals surface area contributed by atoms with Crippen molar-refractivity contribution in [1.82, 2.24) is 10.2 Å². The van der Waals surface area contributed by atoms with Gasteiger partial charge >= 0.3 is 0 Å². The maximum Gasteiger partial charge on any atom is 0.273 e. The van der Waals surface area contributed by atoms with E-state index in [9.17, 15) is 19.7 Å². The van der Waals surface area contributed by atoms with Gasteiger partial charge in [-0.25, -0.2) is 0 Å². The van der Waals surface area contributed by atoms with Crippen LogP contribution in [0.3, 0.4) is 0 Å². The molecule has 0 radical (unpaired) electrons. The van der Waals surface area contributed by atoms with E-state index in [-0.39, 0.29) is 30.1 Å². The normalized spacial score (nSPS) is 11.6. The number of benzene rings is 2. The Morgan fingerprint density at radius 3 is 2.52 bits per heavy atom. The lowest BCUT2D eigenvalue weighted by Crippen LogP contribution is -2.48. The van der Waals surface area contributed by atoms with Gasteiger partial charge in [0.05, 0.1) is 11.3 Å². The van der Waals surface area contributed by atoms with Gasteiger partial charge in [0.15, 0.2) is 0 Å². The van der Waals surface area contributed by atoms with Crippen LogP contribution >= 0.6 is 23.2 Å². The van der Waals surface area contributed by atoms with Crippen LogP contribution in [0, 0.1) is 10.1 Å². The Kier molecular flexibility index (Phi) is 9.27. The Labute approximate surface area is 191 Å². The third-order valence-corrected chi connectivity index (χ3v) is 5.47. The second kappa shape index (κ2) is 11.7. The second-order valence-corrected chi connectivity index (χ2v) is 7.98. The quantitative estimate of drug-likeness (QED) is 0.310. The minimum Gasteiger partial charge on any atom is -0.354 e. The summed E-state index contributed by atoms with van der Waals surface area (Å²) in [6.07, 6.45) is 1.54. The van der Waals surface area contributed by atoms with Crippen molar-refractivity contribution in [2.45, 2.75) is 45.7 Å². The molecule has 0 aromatic heterocycles. The zero-order chi connectivity index (χ0) is 23.0. The van der Waals surface area contributed by atoms with Gasteiger partial charge in [-0.1, -0.05) is 60.8 Å². The Morgan fingerprint density at radius 1 is 1.16 bits per heavy atom. The lowest BCUT2D eigenvalue weighted by molar-refractivity contribution is -0.385. The van der Waals surface area contributed by atoms with Gasteiger partial charge in [-0.2, -0.15) is 0 Å². The van der Waals surface area contributed by atoms with E-state index in [1.54, 1.807) is 37.3 Å². The number of carbonyl (C=O) groups is 2. The average Bonchev–Trinajstić information content (AvgIpc) is 2.73. The zero-order valence-electron chi connectivity index (χ0n) is 17.4. The predicted octanol–water partition coefficient (Wildman–Crippen LogP) is 4.78. The molecule has 7 nitrogen and oxygen atoms in total. The number of unbranched alkanes of at least 4 members (excludes halogenated alkanes) is 1. The summed E-state index contributed by atoms with van der Waals surface area (Å²) in [6, 6.07) is 10.2. The highest BCUT2D eigenvalue weighted by molar-refractivity contribution is 6.35. The molecule has 0 saturated carbocycles. The van der Waals surface area contributed by atoms with Crippen molar-refractivity contribution in [3.8, 4) is 0 Å². The summed E-state index contributed by atoms with van der Waals surface area (Å²) in [4.78, 5) is 38.0. The number of rotatable bonds is 10. The van der Waals surface area contributed by atoms with Crippen molar-refractivity contribution >= 4 is 40.7 Å². The van der Waals surface area contributed by atoms with Crippen LogP contribution in [-0.4, -0.2) is 34.2 Å². The van der Waals surface area contributed by atoms with Gasteiger partial charge in [-0.3, -0.25) is 19.7 Å². The van der Waals surface area contributed by atoms with Crippen LogP contribution in [-0.2, 0) is 22.6 Å². The number of nitro benzene ring substituents is 1. The first-order valence-corrected chi connectivity index (χ1v) is 10.7. The van der Waals surface area contributed by atoms with Crippen LogP contribution in [0.15, 0.2) is 42.5 Å². The average molecular weight is 466 g/mol. The molecular formula is C22H25Cl2N3O4. The SMILES string of the molecule is CCCCNC(=O)C(C)N(Cc1ccc(Cl)cc1Cl)C(=O)Cc1ccccc1[N+](=O)[O-]. The van der Waals surface area contributed by atoms with Crippen molar-refractivity contribution < 1.29 is 14.5 Å². The molecule has 0 bridgehead atoms. The van der Waals surface area contributed by atoms with Crippen LogP contribution in [0.2, 0.25) is 10.0 Å². The Balaban J connectivity index is 2.30. The van der Waals surface area contributed by atoms with Gasteiger partial charge in [-0.05, 0) is 31.0 Å². The van der Waals surface area contributed by atoms with Gasteiger partial charge in [-0.15, -0.1) is 0 Å². The predicted molar refractivity (Wildman–Crippen MR) is 121 cm³/mol. The second-order valence-electron chi connectivity index (χ2n) is 7.14. The summed E-state index contributed by atoms with van der Waals surface area (Å²) in [5.41, 5.74) is 0.763. The molecule has 0 aliphatic heterocycles. The molecule has 2 rings (SSSR count). The van der Waals surface area contributed by atoms with E-state index in [1.165, 1.54) is 17.0 Å². The van der Waals surface area contributed by atoms with Crippen molar-refractivity contribution in [2.75, 3.05) is 6.54 Å². The number of nitro groups is 1. The standard InChI is InChI=1S/C22H25Cl2N3O4/c1-3-4-11-25-22(29)15(2)26(14-17-9-10-18(23)13-19(17)24)21(28)12-16-7-5-6-8-20(16)27(30)31/h5-10,13,15H,3-4,11-12,14H2,1-2H3,(H,25,29). The van der Waals surface area contributed by atoms with E-state index in [0.29, 0.717) is 22.2 Å². The van der Waals surface area contributed by atoms with E-state index in [4.69, 9.17) is 23.2 Å². The Morgan fingerprint density at radius 2 is 1.87 bits per heavy atom. The highest BCUT2D eigenvalue weighted by Gasteiger charge is 2.28. The number of hydrogen-bond donors (Lipinski definition) is 1. The van der Waals surface area contributed by atoms with Crippen molar-refractivity contribution in [1.29, 1.82) is 0 Å². The smallest absolute Gasteiger partial charge is 0.273 e. The molecule has 2 aromatic carbocycles. The number of nitrogens with one attached hydrogen (secondary N) is 1. The molecule has 0 aliphatic carbocycles. The summed E-state index contributed by atoms with van der Waals surface area (Å²) in [6.45, 7) is 4.22. The molecule has 2 amide bonds. The van der Waals surface area contributed by atoms with E-state index in [2.05, 4.69) is 5.32 Å². The number of para-hydroxylation sites is 1. The number of amides is 2. The molecule has 166 valence electrons. The molecule has 1 N–H and O–H groups in total. The van der Waals surface area contributed by atoms with Crippen LogP contribution in [0.25, 0.3) is 0 Å². The first-order valence-electron chi connectivity index (χ1n) is 9.98. The van der Waals surface area contributed by atoms with E-state index >= 15 is 0 Å². The van der Waals surface area contributed by atoms with E-state index in [1.807, 2.05) is 6.92 Å². The lowest BCUT2D eigenvalue weighted by atomic mass is 10.1. The summed E-state index contributed by atoms with van der Waals surface area (Å²) >= 11 is 12.2. The Hall–Kier alpha value is -2.64. The molecule has 2 aromatic rings. The van der Waals surface area contributed by atoms with Gasteiger partial charge in [0.2, 0.25) is 11.8 Å².